The van der Waals surface area contributed by atoms with Gasteiger partial charge in [-0.1, -0.05) is 22.9 Å². The summed E-state index contributed by atoms with van der Waals surface area (Å²) in [5.41, 5.74) is 0.809. The van der Waals surface area contributed by atoms with E-state index in [0.717, 1.165) is 4.47 Å². The Hall–Kier alpha value is -1.60. The molecule has 1 heterocycles. The molecule has 0 aromatic heterocycles. The number of nitrogens with zero attached hydrogens (tertiary/aromatic N) is 1. The molecule has 0 spiro atoms. The summed E-state index contributed by atoms with van der Waals surface area (Å²) in [7, 11) is 1.60. The van der Waals surface area contributed by atoms with E-state index in [9.17, 15) is 14.4 Å². The third kappa shape index (κ3) is 3.67. The second-order valence-electron chi connectivity index (χ2n) is 5.02. The number of aliphatic carboxylic acids is 1. The van der Waals surface area contributed by atoms with Crippen LogP contribution in [0.25, 0.3) is 0 Å². The van der Waals surface area contributed by atoms with E-state index in [1.807, 2.05) is 6.92 Å². The van der Waals surface area contributed by atoms with Crippen LogP contribution in [-0.4, -0.2) is 45.8 Å². The number of carbonyl (C=O) groups excluding carboxylic acids is 2. The van der Waals surface area contributed by atoms with Gasteiger partial charge < -0.3 is 10.0 Å². The zero-order chi connectivity index (χ0) is 17.1. The SMILES string of the molecule is CCS[C@H]1C(C(=O)c2ccc(Br)cc2)=C(CC(=O)O)C(=O)N1C. The van der Waals surface area contributed by atoms with Gasteiger partial charge in [-0.15, -0.1) is 11.8 Å². The van der Waals surface area contributed by atoms with Crippen LogP contribution in [0.4, 0.5) is 0 Å². The lowest BCUT2D eigenvalue weighted by Gasteiger charge is -2.21. The smallest absolute Gasteiger partial charge is 0.308 e. The summed E-state index contributed by atoms with van der Waals surface area (Å²) >= 11 is 4.75. The second kappa shape index (κ2) is 7.31. The minimum absolute atomic E-state index is 0.0823. The highest BCUT2D eigenvalue weighted by Gasteiger charge is 2.41. The zero-order valence-electron chi connectivity index (χ0n) is 12.7. The summed E-state index contributed by atoms with van der Waals surface area (Å²) in [5.74, 6) is -1.10. The van der Waals surface area contributed by atoms with Crippen molar-refractivity contribution in [3.8, 4) is 0 Å². The van der Waals surface area contributed by atoms with Crippen LogP contribution >= 0.6 is 27.7 Å². The Kier molecular flexibility index (Phi) is 5.64. The van der Waals surface area contributed by atoms with Crippen molar-refractivity contribution in [2.45, 2.75) is 18.7 Å². The lowest BCUT2D eigenvalue weighted by molar-refractivity contribution is -0.137. The molecule has 122 valence electrons. The van der Waals surface area contributed by atoms with E-state index in [1.54, 1.807) is 31.3 Å². The Morgan fingerprint density at radius 1 is 1.30 bits per heavy atom. The average Bonchev–Trinajstić information content (AvgIpc) is 2.72. The molecule has 0 radical (unpaired) electrons. The van der Waals surface area contributed by atoms with Gasteiger partial charge in [0.2, 0.25) is 0 Å². The number of rotatable bonds is 6. The highest BCUT2D eigenvalue weighted by atomic mass is 79.9. The van der Waals surface area contributed by atoms with Crippen LogP contribution in [0.15, 0.2) is 39.9 Å². The number of ketones is 1. The normalized spacial score (nSPS) is 17.8. The number of benzene rings is 1. The summed E-state index contributed by atoms with van der Waals surface area (Å²) in [4.78, 5) is 37.8. The highest BCUT2D eigenvalue weighted by Crippen LogP contribution is 2.36. The number of thioether (sulfide) groups is 1. The lowest BCUT2D eigenvalue weighted by Crippen LogP contribution is -2.31. The van der Waals surface area contributed by atoms with Crippen molar-refractivity contribution in [3.05, 3.63) is 45.4 Å². The maximum absolute atomic E-state index is 12.9. The molecule has 1 atom stereocenters. The van der Waals surface area contributed by atoms with Crippen LogP contribution in [0.2, 0.25) is 0 Å². The summed E-state index contributed by atoms with van der Waals surface area (Å²) in [6, 6.07) is 6.81. The van der Waals surface area contributed by atoms with E-state index < -0.39 is 17.8 Å². The molecule has 1 aromatic carbocycles. The first-order chi connectivity index (χ1) is 10.9. The third-order valence-corrected chi connectivity index (χ3v) is 5.24. The minimum Gasteiger partial charge on any atom is -0.481 e. The Morgan fingerprint density at radius 3 is 2.43 bits per heavy atom. The summed E-state index contributed by atoms with van der Waals surface area (Å²) in [6.45, 7) is 1.93. The number of halogens is 1. The first kappa shape index (κ1) is 17.7. The summed E-state index contributed by atoms with van der Waals surface area (Å²) < 4.78 is 0.841. The molecule has 0 fully saturated rings. The monoisotopic (exact) mass is 397 g/mol. The van der Waals surface area contributed by atoms with Crippen molar-refractivity contribution in [2.75, 3.05) is 12.8 Å². The van der Waals surface area contributed by atoms with Gasteiger partial charge in [0, 0.05) is 28.2 Å². The Morgan fingerprint density at radius 2 is 1.91 bits per heavy atom. The Labute approximate surface area is 146 Å². The van der Waals surface area contributed by atoms with E-state index in [4.69, 9.17) is 5.11 Å². The van der Waals surface area contributed by atoms with Gasteiger partial charge in [0.15, 0.2) is 5.78 Å². The van der Waals surface area contributed by atoms with Crippen LogP contribution in [0, 0.1) is 0 Å². The number of amides is 1. The third-order valence-electron chi connectivity index (χ3n) is 3.51. The highest BCUT2D eigenvalue weighted by molar-refractivity contribution is 9.10. The van der Waals surface area contributed by atoms with Crippen LogP contribution < -0.4 is 0 Å². The molecule has 1 aromatic rings. The van der Waals surface area contributed by atoms with E-state index in [0.29, 0.717) is 11.3 Å². The number of Topliss-reactive ketones (excluding diaryl/α,β-unsaturated/α-hetero) is 1. The molecule has 2 rings (SSSR count). The van der Waals surface area contributed by atoms with E-state index in [-0.39, 0.29) is 22.8 Å². The van der Waals surface area contributed by atoms with Gasteiger partial charge in [0.05, 0.1) is 6.42 Å². The van der Waals surface area contributed by atoms with Crippen LogP contribution in [0.1, 0.15) is 23.7 Å². The molecule has 1 amide bonds. The van der Waals surface area contributed by atoms with Gasteiger partial charge in [-0.25, -0.2) is 0 Å². The quantitative estimate of drug-likeness (QED) is 0.746. The van der Waals surface area contributed by atoms with E-state index in [2.05, 4.69) is 15.9 Å². The van der Waals surface area contributed by atoms with E-state index >= 15 is 0 Å². The number of hydrogen-bond donors (Lipinski definition) is 1. The topological polar surface area (TPSA) is 74.7 Å². The molecule has 0 bridgehead atoms. The van der Waals surface area contributed by atoms with Gasteiger partial charge in [0.25, 0.3) is 5.91 Å². The van der Waals surface area contributed by atoms with Crippen molar-refractivity contribution in [2.24, 2.45) is 0 Å². The number of carbonyl (C=O) groups is 3. The number of likely N-dealkylation sites (N-methyl/N-ethyl adjacent to an activating group) is 1. The molecule has 5 nitrogen and oxygen atoms in total. The van der Waals surface area contributed by atoms with Crippen LogP contribution in [-0.2, 0) is 9.59 Å². The maximum atomic E-state index is 12.9. The molecular formula is C16H16BrNO4S. The molecule has 1 aliphatic heterocycles. The van der Waals surface area contributed by atoms with Gasteiger partial charge in [-0.2, -0.15) is 0 Å². The number of carboxylic acid groups (broad SMARTS) is 1. The van der Waals surface area contributed by atoms with Crippen molar-refractivity contribution in [1.82, 2.24) is 4.90 Å². The Balaban J connectivity index is 2.51. The average molecular weight is 398 g/mol. The lowest BCUT2D eigenvalue weighted by atomic mass is 9.98. The fourth-order valence-corrected chi connectivity index (χ4v) is 3.77. The summed E-state index contributed by atoms with van der Waals surface area (Å²) in [5, 5.41) is 8.63. The standard InChI is InChI=1S/C16H16BrNO4S/c1-3-23-16-13(11(8-12(19)20)15(22)18(16)2)14(21)9-4-6-10(17)7-5-9/h4-7,16H,3,8H2,1-2H3,(H,19,20)/t16-/m0/s1. The van der Waals surface area contributed by atoms with E-state index in [1.165, 1.54) is 16.7 Å². The van der Waals surface area contributed by atoms with Crippen molar-refractivity contribution < 1.29 is 19.5 Å². The fraction of sp³-hybridized carbons (Fsp3) is 0.312. The Bertz CT molecular complexity index is 684. The molecule has 7 heteroatoms. The number of carboxylic acids is 1. The number of hydrogen-bond acceptors (Lipinski definition) is 4. The second-order valence-corrected chi connectivity index (χ2v) is 7.30. The predicted molar refractivity (Wildman–Crippen MR) is 92.4 cm³/mol. The first-order valence-corrected chi connectivity index (χ1v) is 8.84. The molecule has 0 aliphatic carbocycles. The van der Waals surface area contributed by atoms with Crippen LogP contribution in [0.5, 0.6) is 0 Å². The summed E-state index contributed by atoms with van der Waals surface area (Å²) in [6.07, 6.45) is -0.443. The van der Waals surface area contributed by atoms with Gasteiger partial charge in [-0.3, -0.25) is 14.4 Å². The first-order valence-electron chi connectivity index (χ1n) is 7.00. The molecule has 0 unspecified atom stereocenters. The molecule has 1 aliphatic rings. The largest absolute Gasteiger partial charge is 0.481 e. The maximum Gasteiger partial charge on any atom is 0.308 e. The van der Waals surface area contributed by atoms with Crippen LogP contribution in [0.3, 0.4) is 0 Å². The molecular weight excluding hydrogens is 382 g/mol. The molecule has 23 heavy (non-hydrogen) atoms. The fourth-order valence-electron chi connectivity index (χ4n) is 2.46. The van der Waals surface area contributed by atoms with Crippen molar-refractivity contribution in [3.63, 3.8) is 0 Å². The molecule has 1 N–H and O–H groups in total. The predicted octanol–water partition coefficient (Wildman–Crippen LogP) is 2.95. The van der Waals surface area contributed by atoms with Gasteiger partial charge in [-0.05, 0) is 30.0 Å². The van der Waals surface area contributed by atoms with Gasteiger partial charge >= 0.3 is 5.97 Å². The molecule has 0 saturated heterocycles. The van der Waals surface area contributed by atoms with Gasteiger partial charge in [0.1, 0.15) is 5.37 Å². The zero-order valence-corrected chi connectivity index (χ0v) is 15.1. The molecule has 0 saturated carbocycles. The minimum atomic E-state index is -1.12. The van der Waals surface area contributed by atoms with Crippen molar-refractivity contribution in [1.29, 1.82) is 0 Å². The van der Waals surface area contributed by atoms with Crippen molar-refractivity contribution >= 4 is 45.4 Å².